The number of phenols is 1. The Balaban J connectivity index is 1.53. The second-order valence-corrected chi connectivity index (χ2v) is 13.3. The van der Waals surface area contributed by atoms with Crippen LogP contribution < -0.4 is 9.64 Å². The van der Waals surface area contributed by atoms with Crippen LogP contribution in [0.5, 0.6) is 11.5 Å². The number of halogens is 2. The number of hydrogen-bond donors (Lipinski definition) is 1. The third-order valence-electron chi connectivity index (χ3n) is 9.64. The summed E-state index contributed by atoms with van der Waals surface area (Å²) in [7, 11) is 1.42. The summed E-state index contributed by atoms with van der Waals surface area (Å²) in [6.45, 7) is 7.22. The molecule has 220 valence electrons. The average molecular weight is 595 g/mol. The molecule has 2 saturated heterocycles. The molecule has 0 aromatic heterocycles. The number of amides is 4. The highest BCUT2D eigenvalue weighted by atomic mass is 35.5. The first kappa shape index (κ1) is 28.4. The number of rotatable bonds is 3. The molecule has 42 heavy (non-hydrogen) atoms. The van der Waals surface area contributed by atoms with E-state index in [2.05, 4.69) is 0 Å². The fourth-order valence-corrected chi connectivity index (χ4v) is 7.98. The zero-order valence-electron chi connectivity index (χ0n) is 24.0. The lowest BCUT2D eigenvalue weighted by molar-refractivity contribution is -0.145. The van der Waals surface area contributed by atoms with E-state index >= 15 is 0 Å². The first-order valence-corrected chi connectivity index (χ1v) is 14.4. The van der Waals surface area contributed by atoms with E-state index in [1.54, 1.807) is 19.1 Å². The van der Waals surface area contributed by atoms with Gasteiger partial charge in [-0.1, -0.05) is 29.3 Å². The van der Waals surface area contributed by atoms with Crippen molar-refractivity contribution in [3.05, 3.63) is 64.5 Å². The van der Waals surface area contributed by atoms with E-state index in [-0.39, 0.29) is 40.4 Å². The van der Waals surface area contributed by atoms with Gasteiger partial charge < -0.3 is 9.84 Å². The molecule has 4 amide bonds. The van der Waals surface area contributed by atoms with Crippen molar-refractivity contribution in [3.63, 3.8) is 0 Å². The molecule has 10 heteroatoms. The van der Waals surface area contributed by atoms with Crippen molar-refractivity contribution < 1.29 is 33.4 Å². The number of carbonyl (C=O) groups excluding carboxylic acids is 4. The normalized spacial score (nSPS) is 30.7. The van der Waals surface area contributed by atoms with E-state index in [1.165, 1.54) is 30.2 Å². The van der Waals surface area contributed by atoms with Crippen molar-refractivity contribution in [2.45, 2.75) is 52.0 Å². The van der Waals surface area contributed by atoms with Gasteiger partial charge in [-0.2, -0.15) is 0 Å². The Morgan fingerprint density at radius 2 is 1.74 bits per heavy atom. The molecule has 1 saturated carbocycles. The van der Waals surface area contributed by atoms with E-state index in [0.717, 1.165) is 16.5 Å². The smallest absolute Gasteiger partial charge is 0.241 e. The summed E-state index contributed by atoms with van der Waals surface area (Å²) in [6, 6.07) is 8.54. The second-order valence-electron chi connectivity index (χ2n) is 12.9. The lowest BCUT2D eigenvalue weighted by Gasteiger charge is -2.49. The summed E-state index contributed by atoms with van der Waals surface area (Å²) >= 11 is 6.04. The zero-order valence-corrected chi connectivity index (χ0v) is 24.7. The first-order valence-electron chi connectivity index (χ1n) is 14.0. The average Bonchev–Trinajstić information content (AvgIpc) is 3.30. The molecule has 0 radical (unpaired) electrons. The highest BCUT2D eigenvalue weighted by Crippen LogP contribution is 2.64. The number of ether oxygens (including phenoxy) is 1. The van der Waals surface area contributed by atoms with Crippen LogP contribution in [0.2, 0.25) is 5.02 Å². The maximum atomic E-state index is 14.4. The topological polar surface area (TPSA) is 104 Å². The lowest BCUT2D eigenvalue weighted by Crippen LogP contribution is -2.49. The monoisotopic (exact) mass is 594 g/mol. The molecule has 6 atom stereocenters. The van der Waals surface area contributed by atoms with Gasteiger partial charge in [-0.05, 0) is 82.3 Å². The zero-order chi connectivity index (χ0) is 30.5. The standard InChI is InChI=1S/C32H32ClFN2O6/c1-31(2,3)36-27(38)18-9-8-17-19(25(18)29(36)40)14-20-28(39)35(16-7-10-22(34)21(33)13-16)30(41)32(20,4)26(17)15-6-11-23(37)24(12-15)42-5/h6-8,10-13,18-20,25-26,37H,9,14H2,1-5H3/t18-,19+,20-,25-,26-,32+/m0/s1. The molecule has 6 rings (SSSR count). The molecule has 3 fully saturated rings. The van der Waals surface area contributed by atoms with Gasteiger partial charge in [0.1, 0.15) is 5.82 Å². The number of allylic oxidation sites excluding steroid dienone is 2. The van der Waals surface area contributed by atoms with Gasteiger partial charge in [-0.25, -0.2) is 9.29 Å². The van der Waals surface area contributed by atoms with Crippen molar-refractivity contribution in [3.8, 4) is 11.5 Å². The molecular weight excluding hydrogens is 563 g/mol. The number of nitrogens with zero attached hydrogens (tertiary/aromatic N) is 2. The quantitative estimate of drug-likeness (QED) is 0.386. The number of benzene rings is 2. The third-order valence-corrected chi connectivity index (χ3v) is 9.93. The predicted molar refractivity (Wildman–Crippen MR) is 152 cm³/mol. The summed E-state index contributed by atoms with van der Waals surface area (Å²) in [4.78, 5) is 58.4. The van der Waals surface area contributed by atoms with Crippen LogP contribution in [0.4, 0.5) is 10.1 Å². The van der Waals surface area contributed by atoms with Crippen LogP contribution in [0.1, 0.15) is 52.0 Å². The van der Waals surface area contributed by atoms with E-state index in [9.17, 15) is 28.7 Å². The maximum Gasteiger partial charge on any atom is 0.241 e. The number of aromatic hydroxyl groups is 1. The number of hydrogen-bond acceptors (Lipinski definition) is 6. The summed E-state index contributed by atoms with van der Waals surface area (Å²) in [5.74, 6) is -5.17. The SMILES string of the molecule is COc1cc([C@H]2C3=CC[C@@H]4C(=O)N(C(C)(C)C)C(=O)[C@@H]4[C@@H]3C[C@H]3C(=O)N(c4ccc(F)c(Cl)c4)C(=O)[C@@]23C)ccc1O. The molecule has 0 unspecified atom stereocenters. The molecule has 2 aromatic rings. The summed E-state index contributed by atoms with van der Waals surface area (Å²) in [5.41, 5.74) is -0.383. The van der Waals surface area contributed by atoms with Crippen LogP contribution in [0.15, 0.2) is 48.0 Å². The minimum atomic E-state index is -1.29. The lowest BCUT2D eigenvalue weighted by atomic mass is 9.51. The highest BCUT2D eigenvalue weighted by molar-refractivity contribution is 6.31. The van der Waals surface area contributed by atoms with E-state index in [1.807, 2.05) is 26.8 Å². The molecule has 0 spiro atoms. The van der Waals surface area contributed by atoms with Crippen molar-refractivity contribution in [2.75, 3.05) is 12.0 Å². The Kier molecular flexibility index (Phi) is 6.35. The largest absolute Gasteiger partial charge is 0.504 e. The van der Waals surface area contributed by atoms with Gasteiger partial charge in [0, 0.05) is 11.5 Å². The molecule has 2 aliphatic heterocycles. The summed E-state index contributed by atoms with van der Waals surface area (Å²) in [6.07, 6.45) is 2.49. The van der Waals surface area contributed by atoms with E-state index < -0.39 is 58.2 Å². The Labute approximate surface area is 248 Å². The van der Waals surface area contributed by atoms with Crippen LogP contribution in [0, 0.1) is 34.9 Å². The Morgan fingerprint density at radius 1 is 1.02 bits per heavy atom. The number of carbonyl (C=O) groups is 4. The summed E-state index contributed by atoms with van der Waals surface area (Å²) < 4.78 is 19.4. The van der Waals surface area contributed by atoms with E-state index in [0.29, 0.717) is 12.0 Å². The molecule has 1 N–H and O–H groups in total. The summed E-state index contributed by atoms with van der Waals surface area (Å²) in [5, 5.41) is 10.1. The van der Waals surface area contributed by atoms with Gasteiger partial charge in [-0.15, -0.1) is 0 Å². The van der Waals surface area contributed by atoms with Gasteiger partial charge in [0.25, 0.3) is 0 Å². The fourth-order valence-electron chi connectivity index (χ4n) is 7.80. The van der Waals surface area contributed by atoms with Crippen molar-refractivity contribution >= 4 is 40.9 Å². The van der Waals surface area contributed by atoms with Gasteiger partial charge >= 0.3 is 0 Å². The molecule has 8 nitrogen and oxygen atoms in total. The molecule has 2 heterocycles. The van der Waals surface area contributed by atoms with Gasteiger partial charge in [-0.3, -0.25) is 24.1 Å². The van der Waals surface area contributed by atoms with Gasteiger partial charge in [0.05, 0.1) is 41.0 Å². The van der Waals surface area contributed by atoms with Crippen LogP contribution in [0.3, 0.4) is 0 Å². The highest BCUT2D eigenvalue weighted by Gasteiger charge is 2.68. The molecule has 2 aromatic carbocycles. The Bertz CT molecular complexity index is 1600. The van der Waals surface area contributed by atoms with Crippen LogP contribution in [-0.2, 0) is 19.2 Å². The fraction of sp³-hybridized carbons (Fsp3) is 0.438. The van der Waals surface area contributed by atoms with Crippen LogP contribution >= 0.6 is 11.6 Å². The number of likely N-dealkylation sites (tertiary alicyclic amines) is 1. The second kappa shape index (κ2) is 9.39. The van der Waals surface area contributed by atoms with Gasteiger partial charge in [0.15, 0.2) is 11.5 Å². The van der Waals surface area contributed by atoms with Crippen molar-refractivity contribution in [2.24, 2.45) is 29.1 Å². The Morgan fingerprint density at radius 3 is 2.38 bits per heavy atom. The molecular formula is C32H32ClFN2O6. The number of phenolic OH excluding ortho intramolecular Hbond substituents is 1. The minimum Gasteiger partial charge on any atom is -0.504 e. The first-order chi connectivity index (χ1) is 19.7. The molecule has 2 aliphatic carbocycles. The number of anilines is 1. The predicted octanol–water partition coefficient (Wildman–Crippen LogP) is 5.22. The van der Waals surface area contributed by atoms with Crippen LogP contribution in [-0.4, -0.2) is 46.3 Å². The molecule has 0 bridgehead atoms. The van der Waals surface area contributed by atoms with Gasteiger partial charge in [0.2, 0.25) is 23.6 Å². The number of methoxy groups -OCH3 is 1. The number of fused-ring (bicyclic) bond motifs is 4. The van der Waals surface area contributed by atoms with E-state index in [4.69, 9.17) is 16.3 Å². The third kappa shape index (κ3) is 3.78. The Hall–Kier alpha value is -3.72. The number of imide groups is 2. The minimum absolute atomic E-state index is 0.0817. The van der Waals surface area contributed by atoms with Crippen LogP contribution in [0.25, 0.3) is 0 Å². The molecule has 4 aliphatic rings. The van der Waals surface area contributed by atoms with Crippen molar-refractivity contribution in [1.82, 2.24) is 4.90 Å². The maximum absolute atomic E-state index is 14.4. The van der Waals surface area contributed by atoms with Crippen molar-refractivity contribution in [1.29, 1.82) is 0 Å².